The molecule has 49 heavy (non-hydrogen) atoms. The minimum absolute atomic E-state index is 0.0486. The van der Waals surface area contributed by atoms with E-state index in [2.05, 4.69) is 10.3 Å². The average Bonchev–Trinajstić information content (AvgIpc) is 3.49. The van der Waals surface area contributed by atoms with E-state index in [-0.39, 0.29) is 40.6 Å². The third kappa shape index (κ3) is 8.62. The number of aromatic hydroxyl groups is 2. The van der Waals surface area contributed by atoms with Gasteiger partial charge in [-0.25, -0.2) is 4.79 Å². The number of ketones is 1. The van der Waals surface area contributed by atoms with Crippen molar-refractivity contribution in [3.05, 3.63) is 88.6 Å². The van der Waals surface area contributed by atoms with Crippen molar-refractivity contribution in [1.29, 1.82) is 0 Å². The number of allylic oxidation sites excluding steroid dienone is 1. The predicted molar refractivity (Wildman–Crippen MR) is 187 cm³/mol. The van der Waals surface area contributed by atoms with Crippen LogP contribution in [0.3, 0.4) is 0 Å². The number of amides is 1. The zero-order chi connectivity index (χ0) is 34.9. The molecule has 0 spiro atoms. The Morgan fingerprint density at radius 2 is 1.76 bits per heavy atom. The number of carbonyl (C=O) groups is 3. The van der Waals surface area contributed by atoms with E-state index in [1.54, 1.807) is 51.5 Å². The number of ether oxygens (including phenoxy) is 3. The van der Waals surface area contributed by atoms with Crippen molar-refractivity contribution in [3.63, 3.8) is 0 Å². The summed E-state index contributed by atoms with van der Waals surface area (Å²) in [6, 6.07) is 14.2. The highest BCUT2D eigenvalue weighted by atomic mass is 16.5. The summed E-state index contributed by atoms with van der Waals surface area (Å²) in [4.78, 5) is 42.6. The fourth-order valence-electron chi connectivity index (χ4n) is 6.33. The number of aromatic nitrogens is 1. The first-order valence-corrected chi connectivity index (χ1v) is 16.7. The van der Waals surface area contributed by atoms with Gasteiger partial charge in [0.1, 0.15) is 34.3 Å². The minimum Gasteiger partial charge on any atom is -0.507 e. The van der Waals surface area contributed by atoms with Crippen molar-refractivity contribution < 1.29 is 38.8 Å². The maximum absolute atomic E-state index is 13.6. The number of benzene rings is 3. The van der Waals surface area contributed by atoms with Gasteiger partial charge in [0.2, 0.25) is 5.91 Å². The monoisotopic (exact) mass is 668 g/mol. The van der Waals surface area contributed by atoms with Crippen LogP contribution in [0.5, 0.6) is 23.0 Å². The lowest BCUT2D eigenvalue weighted by Gasteiger charge is -2.23. The van der Waals surface area contributed by atoms with E-state index < -0.39 is 23.7 Å². The lowest BCUT2D eigenvalue weighted by Crippen LogP contribution is -2.27. The van der Waals surface area contributed by atoms with E-state index in [9.17, 15) is 24.6 Å². The summed E-state index contributed by atoms with van der Waals surface area (Å²) in [5.74, 6) is -1.06. The number of methoxy groups -OCH3 is 2. The number of phenols is 2. The molecule has 0 saturated heterocycles. The van der Waals surface area contributed by atoms with Crippen LogP contribution in [0.1, 0.15) is 90.4 Å². The molecule has 10 nitrogen and oxygen atoms in total. The lowest BCUT2D eigenvalue weighted by molar-refractivity contribution is -0.121. The van der Waals surface area contributed by atoms with Crippen molar-refractivity contribution in [2.45, 2.75) is 70.3 Å². The van der Waals surface area contributed by atoms with E-state index in [4.69, 9.17) is 14.2 Å². The van der Waals surface area contributed by atoms with Gasteiger partial charge in [-0.2, -0.15) is 0 Å². The largest absolute Gasteiger partial charge is 0.507 e. The summed E-state index contributed by atoms with van der Waals surface area (Å²) in [6.07, 6.45) is 8.52. The van der Waals surface area contributed by atoms with Gasteiger partial charge in [0.05, 0.1) is 20.3 Å². The Kier molecular flexibility index (Phi) is 11.6. The Morgan fingerprint density at radius 3 is 2.51 bits per heavy atom. The highest BCUT2D eigenvalue weighted by Gasteiger charge is 2.31. The first kappa shape index (κ1) is 35.1. The standard InChI is InChI=1S/C39H44N2O8/c1-24-8-7-11-28(42)10-6-4-5-9-26-20-34(43)37(38(45)36(26)39(46)49-24)32(25-12-14-29(47-2)15-13-25)22-35(44)40-19-18-27-23-41-33-17-16-30(48-3)21-31(27)33/h5,9,12-17,20-21,23-24,32,41,43,45H,4,6-8,10-11,18-19,22H2,1-3H3,(H,40,44). The highest BCUT2D eigenvalue weighted by molar-refractivity contribution is 5.98. The number of fused-ring (bicyclic) bond motifs is 2. The first-order valence-electron chi connectivity index (χ1n) is 16.7. The van der Waals surface area contributed by atoms with Gasteiger partial charge in [-0.3, -0.25) is 9.59 Å². The Hall–Kier alpha value is -5.25. The Balaban J connectivity index is 1.45. The summed E-state index contributed by atoms with van der Waals surface area (Å²) in [5, 5.41) is 27.2. The summed E-state index contributed by atoms with van der Waals surface area (Å²) in [5.41, 5.74) is 2.87. The number of phenolic OH excluding ortho intramolecular Hbond substituents is 2. The quantitative estimate of drug-likeness (QED) is 0.140. The van der Waals surface area contributed by atoms with Gasteiger partial charge < -0.3 is 34.7 Å². The highest BCUT2D eigenvalue weighted by Crippen LogP contribution is 2.44. The number of esters is 1. The number of rotatable bonds is 9. The molecule has 1 aromatic heterocycles. The van der Waals surface area contributed by atoms with Crippen LogP contribution in [0.25, 0.3) is 17.0 Å². The molecule has 4 N–H and O–H groups in total. The zero-order valence-corrected chi connectivity index (χ0v) is 28.2. The zero-order valence-electron chi connectivity index (χ0n) is 28.2. The van der Waals surface area contributed by atoms with Crippen molar-refractivity contribution in [3.8, 4) is 23.0 Å². The molecule has 0 aliphatic carbocycles. The van der Waals surface area contributed by atoms with Crippen LogP contribution in [-0.4, -0.2) is 59.7 Å². The van der Waals surface area contributed by atoms with Crippen LogP contribution < -0.4 is 14.8 Å². The number of hydrogen-bond donors (Lipinski definition) is 4. The molecular weight excluding hydrogens is 624 g/mol. The Bertz CT molecular complexity index is 1830. The van der Waals surface area contributed by atoms with Gasteiger partial charge in [-0.1, -0.05) is 24.3 Å². The molecule has 1 aliphatic heterocycles. The number of hydrogen-bond acceptors (Lipinski definition) is 8. The summed E-state index contributed by atoms with van der Waals surface area (Å²) < 4.78 is 16.4. The second kappa shape index (κ2) is 16.2. The molecule has 2 unspecified atom stereocenters. The van der Waals surface area contributed by atoms with Crippen LogP contribution in [0.4, 0.5) is 0 Å². The van der Waals surface area contributed by atoms with E-state index in [1.165, 1.54) is 6.07 Å². The second-order valence-electron chi connectivity index (χ2n) is 12.4. The molecule has 0 saturated carbocycles. The van der Waals surface area contributed by atoms with Gasteiger partial charge in [0.15, 0.2) is 0 Å². The average molecular weight is 669 g/mol. The van der Waals surface area contributed by atoms with Gasteiger partial charge in [0.25, 0.3) is 0 Å². The van der Waals surface area contributed by atoms with Gasteiger partial charge in [-0.05, 0) is 92.1 Å². The molecule has 5 rings (SSSR count). The molecule has 1 aliphatic rings. The molecule has 258 valence electrons. The number of cyclic esters (lactones) is 1. The maximum Gasteiger partial charge on any atom is 0.342 e. The van der Waals surface area contributed by atoms with E-state index in [1.807, 2.05) is 30.5 Å². The number of H-pyrrole nitrogens is 1. The number of carbonyl (C=O) groups excluding carboxylic acids is 3. The summed E-state index contributed by atoms with van der Waals surface area (Å²) >= 11 is 0. The molecule has 2 heterocycles. The van der Waals surface area contributed by atoms with E-state index in [0.717, 1.165) is 22.2 Å². The molecule has 4 aromatic rings. The van der Waals surface area contributed by atoms with Crippen LogP contribution >= 0.6 is 0 Å². The lowest BCUT2D eigenvalue weighted by atomic mass is 9.84. The van der Waals surface area contributed by atoms with Crippen molar-refractivity contribution in [1.82, 2.24) is 10.3 Å². The summed E-state index contributed by atoms with van der Waals surface area (Å²) in [7, 11) is 3.17. The molecule has 10 heteroatoms. The summed E-state index contributed by atoms with van der Waals surface area (Å²) in [6.45, 7) is 2.10. The van der Waals surface area contributed by atoms with Gasteiger partial charge in [-0.15, -0.1) is 0 Å². The number of Topliss-reactive ketones (excluding diaryl/α,β-unsaturated/α-hetero) is 1. The first-order chi connectivity index (χ1) is 23.7. The number of aromatic amines is 1. The SMILES string of the molecule is COc1ccc(C(CC(=O)NCCc2c[nH]c3ccc(OC)cc23)c2c(O)cc3c(c2O)C(=O)OC(C)CCCC(=O)CCCC=C3)cc1. The Labute approximate surface area is 286 Å². The van der Waals surface area contributed by atoms with Crippen LogP contribution in [0, 0.1) is 0 Å². The minimum atomic E-state index is -0.818. The topological polar surface area (TPSA) is 147 Å². The molecule has 0 bridgehead atoms. The fraction of sp³-hybridized carbons (Fsp3) is 0.359. The molecule has 0 fully saturated rings. The molecule has 2 atom stereocenters. The second-order valence-corrected chi connectivity index (χ2v) is 12.4. The van der Waals surface area contributed by atoms with Crippen LogP contribution in [-0.2, 0) is 20.7 Å². The fourth-order valence-corrected chi connectivity index (χ4v) is 6.33. The van der Waals surface area contributed by atoms with Gasteiger partial charge >= 0.3 is 5.97 Å². The van der Waals surface area contributed by atoms with Crippen molar-refractivity contribution >= 4 is 34.6 Å². The molecule has 0 radical (unpaired) electrons. The smallest absolute Gasteiger partial charge is 0.342 e. The van der Waals surface area contributed by atoms with Crippen molar-refractivity contribution in [2.24, 2.45) is 0 Å². The maximum atomic E-state index is 13.6. The third-order valence-corrected chi connectivity index (χ3v) is 9.00. The molecule has 1 amide bonds. The van der Waals surface area contributed by atoms with Crippen LogP contribution in [0.2, 0.25) is 0 Å². The number of nitrogens with one attached hydrogen (secondary N) is 2. The third-order valence-electron chi connectivity index (χ3n) is 9.00. The van der Waals surface area contributed by atoms with Gasteiger partial charge in [0, 0.05) is 54.4 Å². The van der Waals surface area contributed by atoms with Crippen molar-refractivity contribution in [2.75, 3.05) is 20.8 Å². The molecular formula is C39H44N2O8. The predicted octanol–water partition coefficient (Wildman–Crippen LogP) is 6.96. The normalized spacial score (nSPS) is 16.3. The van der Waals surface area contributed by atoms with Crippen LogP contribution in [0.15, 0.2) is 60.8 Å². The Morgan fingerprint density at radius 1 is 1.02 bits per heavy atom. The molecule has 3 aromatic carbocycles. The van der Waals surface area contributed by atoms with E-state index >= 15 is 0 Å². The van der Waals surface area contributed by atoms with E-state index in [0.29, 0.717) is 62.8 Å².